The fourth-order valence-corrected chi connectivity index (χ4v) is 10.8. The molecule has 0 radical (unpaired) electrons. The fourth-order valence-electron chi connectivity index (χ4n) is 10.8. The predicted molar refractivity (Wildman–Crippen MR) is 280 cm³/mol. The van der Waals surface area contributed by atoms with Crippen LogP contribution < -0.4 is 4.98 Å². The third kappa shape index (κ3) is 6.86. The van der Waals surface area contributed by atoms with Gasteiger partial charge in [-0.1, -0.05) is 146 Å². The van der Waals surface area contributed by atoms with Gasteiger partial charge in [0, 0.05) is 28.5 Å². The number of aromatic nitrogens is 5. The summed E-state index contributed by atoms with van der Waals surface area (Å²) in [5.41, 5.74) is 20.7. The SMILES string of the molecule is Cc1cc(C)c(-c2ccnc(-n3c4[c-]c(-c5cccc6c5nc(-c5cc(-c7ccccc7)cc7c5[n-]c5cccc(C(C)(C)C)c57)n6-c5ccccc5)ccc4c4ccccc43)c2C)c(C)c1.[Pt+2]. The molecule has 12 aromatic rings. The number of aryl methyl sites for hydroxylation is 3. The van der Waals surface area contributed by atoms with Crippen LogP contribution in [0.4, 0.5) is 0 Å². The van der Waals surface area contributed by atoms with Gasteiger partial charge in [-0.05, 0) is 136 Å². The van der Waals surface area contributed by atoms with Crippen molar-refractivity contribution in [2.45, 2.75) is 53.9 Å². The molecule has 0 aliphatic rings. The van der Waals surface area contributed by atoms with Gasteiger partial charge in [-0.25, -0.2) is 9.97 Å². The van der Waals surface area contributed by atoms with Gasteiger partial charge in [-0.3, -0.25) is 4.57 Å². The molecule has 0 spiro atoms. The van der Waals surface area contributed by atoms with Crippen LogP contribution in [0.5, 0.6) is 0 Å². The summed E-state index contributed by atoms with van der Waals surface area (Å²) in [5.74, 6) is 1.74. The first-order chi connectivity index (χ1) is 32.5. The molecule has 0 saturated carbocycles. The summed E-state index contributed by atoms with van der Waals surface area (Å²) in [7, 11) is 0. The van der Waals surface area contributed by atoms with Gasteiger partial charge in [0.1, 0.15) is 11.6 Å². The zero-order chi connectivity index (χ0) is 45.7. The Hall–Kier alpha value is -7.33. The fraction of sp³-hybridized carbons (Fsp3) is 0.129. The largest absolute Gasteiger partial charge is 2.00 e. The van der Waals surface area contributed by atoms with Crippen LogP contribution in [0.1, 0.15) is 48.6 Å². The summed E-state index contributed by atoms with van der Waals surface area (Å²) in [6, 6.07) is 62.8. The molecule has 12 rings (SSSR count). The quantitative estimate of drug-likeness (QED) is 0.156. The van der Waals surface area contributed by atoms with Crippen molar-refractivity contribution >= 4 is 54.6 Å². The molecule has 0 amide bonds. The number of hydrogen-bond acceptors (Lipinski definition) is 2. The average Bonchev–Trinajstić information content (AvgIpc) is 4.01. The Morgan fingerprint density at radius 2 is 1.28 bits per heavy atom. The summed E-state index contributed by atoms with van der Waals surface area (Å²) in [6.45, 7) is 15.7. The van der Waals surface area contributed by atoms with Crippen molar-refractivity contribution in [3.05, 3.63) is 204 Å². The Balaban J connectivity index is 0.00000507. The second-order valence-corrected chi connectivity index (χ2v) is 19.2. The number of nitrogens with zero attached hydrogens (tertiary/aromatic N) is 5. The van der Waals surface area contributed by atoms with Crippen LogP contribution in [-0.4, -0.2) is 19.1 Å². The number of benzene rings is 8. The molecule has 4 heterocycles. The van der Waals surface area contributed by atoms with Crippen molar-refractivity contribution in [2.75, 3.05) is 0 Å². The standard InChI is InChI=1S/C62H49N5.Pt/c1-37-32-38(2)56(39(3)33-37)45-30-31-63-60(40(45)4)67-53-26-15-14-22-47(53)48-29-28-42(36-55(48)67)46-23-16-27-54-59(46)65-61(66(54)44-20-12-9-13-21-44)50-35-43(41-18-10-8-11-19-41)34-49-57-51(62(5,6)7)24-17-25-52(57)64-58(49)50;/h8-35H,1-7H3;/q-2;+2. The second kappa shape index (κ2) is 16.5. The van der Waals surface area contributed by atoms with Gasteiger partial charge in [0.15, 0.2) is 0 Å². The number of hydrogen-bond donors (Lipinski definition) is 0. The van der Waals surface area contributed by atoms with Gasteiger partial charge in [-0.2, -0.15) is 0 Å². The van der Waals surface area contributed by atoms with Gasteiger partial charge < -0.3 is 9.55 Å². The van der Waals surface area contributed by atoms with Crippen molar-refractivity contribution < 1.29 is 21.1 Å². The molecule has 6 heteroatoms. The minimum atomic E-state index is -0.0858. The number of fused-ring (bicyclic) bond motifs is 7. The molecule has 0 bridgehead atoms. The van der Waals surface area contributed by atoms with Gasteiger partial charge in [-0.15, -0.1) is 34.8 Å². The summed E-state index contributed by atoms with van der Waals surface area (Å²) in [5, 5.41) is 4.62. The van der Waals surface area contributed by atoms with E-state index in [9.17, 15) is 0 Å². The molecular weight excluding hydrogens is 1010 g/mol. The molecule has 0 aliphatic heterocycles. The molecule has 5 nitrogen and oxygen atoms in total. The van der Waals surface area contributed by atoms with E-state index in [2.05, 4.69) is 227 Å². The monoisotopic (exact) mass is 1060 g/mol. The van der Waals surface area contributed by atoms with E-state index in [4.69, 9.17) is 15.0 Å². The van der Waals surface area contributed by atoms with Gasteiger partial charge in [0.2, 0.25) is 0 Å². The molecular formula is C62H49N5Pt. The number of imidazole rings is 1. The van der Waals surface area contributed by atoms with Crippen LogP contribution in [0.3, 0.4) is 0 Å². The Morgan fingerprint density at radius 3 is 2.04 bits per heavy atom. The van der Waals surface area contributed by atoms with Crippen molar-refractivity contribution in [2.24, 2.45) is 0 Å². The van der Waals surface area contributed by atoms with E-state index in [1.54, 1.807) is 0 Å². The maximum absolute atomic E-state index is 5.73. The van der Waals surface area contributed by atoms with Crippen LogP contribution >= 0.6 is 0 Å². The Labute approximate surface area is 411 Å². The molecule has 8 aromatic carbocycles. The minimum Gasteiger partial charge on any atom is -0.656 e. The molecule has 0 saturated heterocycles. The zero-order valence-electron chi connectivity index (χ0n) is 39.2. The van der Waals surface area contributed by atoms with Gasteiger partial charge in [0.25, 0.3) is 0 Å². The molecule has 0 fully saturated rings. The first-order valence-electron chi connectivity index (χ1n) is 23.2. The van der Waals surface area contributed by atoms with Crippen LogP contribution in [0.25, 0.3) is 111 Å². The van der Waals surface area contributed by atoms with E-state index in [1.807, 2.05) is 6.20 Å². The molecule has 4 aromatic heterocycles. The van der Waals surface area contributed by atoms with Gasteiger partial charge >= 0.3 is 21.1 Å². The zero-order valence-corrected chi connectivity index (χ0v) is 41.5. The van der Waals surface area contributed by atoms with Crippen molar-refractivity contribution in [1.29, 1.82) is 0 Å². The van der Waals surface area contributed by atoms with Crippen molar-refractivity contribution in [3.8, 4) is 56.3 Å². The molecule has 0 N–H and O–H groups in total. The third-order valence-electron chi connectivity index (χ3n) is 13.7. The second-order valence-electron chi connectivity index (χ2n) is 19.2. The van der Waals surface area contributed by atoms with Crippen molar-refractivity contribution in [3.63, 3.8) is 0 Å². The first-order valence-corrected chi connectivity index (χ1v) is 23.2. The van der Waals surface area contributed by atoms with Crippen LogP contribution in [0.2, 0.25) is 0 Å². The summed E-state index contributed by atoms with van der Waals surface area (Å²) in [4.78, 5) is 16.3. The molecule has 68 heavy (non-hydrogen) atoms. The van der Waals surface area contributed by atoms with E-state index in [0.717, 1.165) is 100.0 Å². The average molecular weight is 1060 g/mol. The van der Waals surface area contributed by atoms with E-state index < -0.39 is 0 Å². The molecule has 0 atom stereocenters. The van der Waals surface area contributed by atoms with Crippen molar-refractivity contribution in [1.82, 2.24) is 24.1 Å². The molecule has 0 unspecified atom stereocenters. The Kier molecular flexibility index (Phi) is 10.5. The first kappa shape index (κ1) is 43.3. The maximum atomic E-state index is 5.73. The van der Waals surface area contributed by atoms with E-state index in [1.165, 1.54) is 38.8 Å². The Bertz CT molecular complexity index is 3920. The normalized spacial score (nSPS) is 11.9. The molecule has 332 valence electrons. The topological polar surface area (TPSA) is 49.7 Å². The maximum Gasteiger partial charge on any atom is 2.00 e. The van der Waals surface area contributed by atoms with E-state index >= 15 is 0 Å². The summed E-state index contributed by atoms with van der Waals surface area (Å²) < 4.78 is 4.62. The number of pyridine rings is 1. The third-order valence-corrected chi connectivity index (χ3v) is 13.7. The molecule has 0 aliphatic carbocycles. The van der Waals surface area contributed by atoms with Crippen LogP contribution in [-0.2, 0) is 26.5 Å². The number of rotatable bonds is 6. The number of para-hydroxylation sites is 3. The van der Waals surface area contributed by atoms with Gasteiger partial charge in [0.05, 0.1) is 11.0 Å². The minimum absolute atomic E-state index is 0. The van der Waals surface area contributed by atoms with E-state index in [-0.39, 0.29) is 26.5 Å². The smallest absolute Gasteiger partial charge is 0.656 e. The van der Waals surface area contributed by atoms with Crippen LogP contribution in [0.15, 0.2) is 170 Å². The van der Waals surface area contributed by atoms with Crippen LogP contribution in [0, 0.1) is 33.8 Å². The predicted octanol–water partition coefficient (Wildman–Crippen LogP) is 15.8. The summed E-state index contributed by atoms with van der Waals surface area (Å²) >= 11 is 0. The Morgan fingerprint density at radius 1 is 0.574 bits per heavy atom. The summed E-state index contributed by atoms with van der Waals surface area (Å²) in [6.07, 6.45) is 1.96. The van der Waals surface area contributed by atoms with E-state index in [0.29, 0.717) is 0 Å².